The van der Waals surface area contributed by atoms with E-state index in [2.05, 4.69) is 16.3 Å². The van der Waals surface area contributed by atoms with Gasteiger partial charge < -0.3 is 29.7 Å². The number of nitrogens with zero attached hydrogens (tertiary/aromatic N) is 3. The minimum atomic E-state index is -1.76. The van der Waals surface area contributed by atoms with Gasteiger partial charge in [0, 0.05) is 25.2 Å². The Morgan fingerprint density at radius 3 is 2.65 bits per heavy atom. The first-order chi connectivity index (χ1) is 17.7. The summed E-state index contributed by atoms with van der Waals surface area (Å²) in [5.41, 5.74) is 0.432. The molecule has 37 heavy (non-hydrogen) atoms. The summed E-state index contributed by atoms with van der Waals surface area (Å²) in [5, 5.41) is 31.8. The van der Waals surface area contributed by atoms with Crippen LogP contribution >= 0.6 is 0 Å². The molecule has 4 rings (SSSR count). The number of carbonyl (C=O) groups excluding carboxylic acids is 2. The van der Waals surface area contributed by atoms with E-state index in [4.69, 9.17) is 9.47 Å². The predicted molar refractivity (Wildman–Crippen MR) is 136 cm³/mol. The number of carbonyl (C=O) groups is 2. The van der Waals surface area contributed by atoms with Crippen LogP contribution in [-0.4, -0.2) is 95.9 Å². The highest BCUT2D eigenvalue weighted by Crippen LogP contribution is 2.50. The minimum absolute atomic E-state index is 0.0239. The average molecular weight is 510 g/mol. The van der Waals surface area contributed by atoms with Gasteiger partial charge in [-0.05, 0) is 50.2 Å². The molecule has 2 aliphatic heterocycles. The molecule has 1 aromatic rings. The number of nitrogens with one attached hydrogen (secondary N) is 1. The molecule has 4 atom stereocenters. The van der Waals surface area contributed by atoms with Crippen molar-refractivity contribution >= 4 is 19.1 Å². The van der Waals surface area contributed by atoms with E-state index >= 15 is 0 Å². The van der Waals surface area contributed by atoms with Crippen molar-refractivity contribution in [1.82, 2.24) is 15.1 Å². The number of nitriles is 1. The fourth-order valence-electron chi connectivity index (χ4n) is 5.35. The van der Waals surface area contributed by atoms with E-state index in [-0.39, 0.29) is 36.5 Å². The van der Waals surface area contributed by atoms with Crippen molar-refractivity contribution in [3.05, 3.63) is 47.5 Å². The van der Waals surface area contributed by atoms with Gasteiger partial charge >= 0.3 is 13.2 Å². The Hall–Kier alpha value is -2.91. The van der Waals surface area contributed by atoms with Crippen molar-refractivity contribution in [3.8, 4) is 6.07 Å². The van der Waals surface area contributed by atoms with E-state index in [0.29, 0.717) is 25.7 Å². The van der Waals surface area contributed by atoms with Crippen LogP contribution in [0.5, 0.6) is 0 Å². The standard InChI is InChI=1S/C26H35BN4O6/c1-26(2,30-8-10-36-11-9-30)14-20(15-28)24(32)31-16-19-13-21(19)22(31)17-37-25(33)29-23(27(34)35)12-18-6-4-3-5-7-18/h3-7,14,19,21-23,34-35H,8-13,16-17H2,1-2H3,(H,29,33)/t19-,21-,22-,23?/m0/s1. The fraction of sp³-hybridized carbons (Fsp3) is 0.577. The van der Waals surface area contributed by atoms with Gasteiger partial charge in [-0.25, -0.2) is 4.79 Å². The summed E-state index contributed by atoms with van der Waals surface area (Å²) in [6.07, 6.45) is 2.12. The monoisotopic (exact) mass is 510 g/mol. The highest BCUT2D eigenvalue weighted by atomic mass is 16.5. The van der Waals surface area contributed by atoms with Crippen molar-refractivity contribution in [2.45, 2.75) is 44.2 Å². The summed E-state index contributed by atoms with van der Waals surface area (Å²) in [7, 11) is -1.76. The summed E-state index contributed by atoms with van der Waals surface area (Å²) >= 11 is 0. The molecule has 2 heterocycles. The molecule has 1 aliphatic carbocycles. The van der Waals surface area contributed by atoms with E-state index in [1.54, 1.807) is 11.0 Å². The topological polar surface area (TPSA) is 135 Å². The van der Waals surface area contributed by atoms with E-state index < -0.39 is 24.7 Å². The van der Waals surface area contributed by atoms with Crippen LogP contribution in [0.1, 0.15) is 25.8 Å². The van der Waals surface area contributed by atoms with Gasteiger partial charge in [0.05, 0.1) is 25.2 Å². The number of ether oxygens (including phenoxy) is 2. The molecule has 1 aromatic carbocycles. The van der Waals surface area contributed by atoms with Crippen LogP contribution in [0.25, 0.3) is 0 Å². The normalized spacial score (nSPS) is 24.6. The quantitative estimate of drug-likeness (QED) is 0.252. The van der Waals surface area contributed by atoms with Crippen molar-refractivity contribution in [1.29, 1.82) is 5.26 Å². The van der Waals surface area contributed by atoms with Gasteiger partial charge in [0.1, 0.15) is 18.2 Å². The molecular formula is C26H35BN4O6. The molecule has 2 saturated heterocycles. The first-order valence-corrected chi connectivity index (χ1v) is 12.8. The number of hydrogen-bond acceptors (Lipinski definition) is 8. The van der Waals surface area contributed by atoms with Crippen LogP contribution in [0.3, 0.4) is 0 Å². The van der Waals surface area contributed by atoms with Crippen molar-refractivity contribution in [2.75, 3.05) is 39.5 Å². The molecule has 198 valence electrons. The fourth-order valence-corrected chi connectivity index (χ4v) is 5.35. The van der Waals surface area contributed by atoms with Crippen molar-refractivity contribution < 1.29 is 29.1 Å². The zero-order chi connectivity index (χ0) is 26.6. The summed E-state index contributed by atoms with van der Waals surface area (Å²) in [4.78, 5) is 29.8. The summed E-state index contributed by atoms with van der Waals surface area (Å²) in [6, 6.07) is 10.9. The van der Waals surface area contributed by atoms with Gasteiger partial charge in [-0.2, -0.15) is 5.26 Å². The molecule has 1 unspecified atom stereocenters. The maximum absolute atomic E-state index is 13.4. The highest BCUT2D eigenvalue weighted by Gasteiger charge is 2.54. The van der Waals surface area contributed by atoms with Gasteiger partial charge in [-0.15, -0.1) is 0 Å². The number of morpholine rings is 1. The molecule has 0 aromatic heterocycles. The number of fused-ring (bicyclic) bond motifs is 1. The van der Waals surface area contributed by atoms with Gasteiger partial charge in [0.15, 0.2) is 0 Å². The largest absolute Gasteiger partial charge is 0.475 e. The maximum Gasteiger partial charge on any atom is 0.475 e. The molecule has 2 amide bonds. The van der Waals surface area contributed by atoms with Gasteiger partial charge in [-0.1, -0.05) is 30.3 Å². The van der Waals surface area contributed by atoms with Crippen LogP contribution in [0, 0.1) is 23.2 Å². The zero-order valence-corrected chi connectivity index (χ0v) is 21.4. The summed E-state index contributed by atoms with van der Waals surface area (Å²) in [5.74, 6) is -0.719. The second-order valence-corrected chi connectivity index (χ2v) is 10.6. The first kappa shape index (κ1) is 27.1. The number of amides is 2. The molecule has 0 radical (unpaired) electrons. The number of alkyl carbamates (subject to hydrolysis) is 1. The van der Waals surface area contributed by atoms with Crippen molar-refractivity contribution in [2.24, 2.45) is 11.8 Å². The smallest absolute Gasteiger partial charge is 0.447 e. The van der Waals surface area contributed by atoms with Crippen LogP contribution < -0.4 is 5.32 Å². The van der Waals surface area contributed by atoms with Gasteiger partial charge in [-0.3, -0.25) is 9.69 Å². The number of likely N-dealkylation sites (tertiary alicyclic amines) is 1. The lowest BCUT2D eigenvalue weighted by Crippen LogP contribution is -2.50. The molecule has 11 heteroatoms. The maximum atomic E-state index is 13.4. The first-order valence-electron chi connectivity index (χ1n) is 12.8. The average Bonchev–Trinajstić information content (AvgIpc) is 3.57. The molecule has 3 fully saturated rings. The van der Waals surface area contributed by atoms with Crippen molar-refractivity contribution in [3.63, 3.8) is 0 Å². The number of piperidine rings is 1. The van der Waals surface area contributed by atoms with Crippen LogP contribution in [0.4, 0.5) is 4.79 Å². The SMILES string of the molecule is CC(C)(C=C(C#N)C(=O)N1C[C@@H]2C[C@@H]2[C@@H]1COC(=O)NC(Cc1ccccc1)B(O)O)N1CCOCC1. The van der Waals surface area contributed by atoms with E-state index in [0.717, 1.165) is 25.1 Å². The number of benzene rings is 1. The molecule has 0 bridgehead atoms. The lowest BCUT2D eigenvalue weighted by Gasteiger charge is -2.39. The Kier molecular flexibility index (Phi) is 8.54. The molecule has 3 N–H and O–H groups in total. The molecule has 10 nitrogen and oxygen atoms in total. The van der Waals surface area contributed by atoms with Gasteiger partial charge in [0.25, 0.3) is 5.91 Å². The minimum Gasteiger partial charge on any atom is -0.447 e. The highest BCUT2D eigenvalue weighted by molar-refractivity contribution is 6.43. The Labute approximate surface area is 218 Å². The van der Waals surface area contributed by atoms with E-state index in [1.165, 1.54) is 0 Å². The molecular weight excluding hydrogens is 475 g/mol. The number of hydrogen-bond donors (Lipinski definition) is 3. The lowest BCUT2D eigenvalue weighted by atomic mass is 9.76. The molecule has 1 saturated carbocycles. The third-order valence-electron chi connectivity index (χ3n) is 7.59. The summed E-state index contributed by atoms with van der Waals surface area (Å²) in [6.45, 7) is 7.15. The Morgan fingerprint density at radius 2 is 2.00 bits per heavy atom. The van der Waals surface area contributed by atoms with Crippen LogP contribution in [0.15, 0.2) is 42.0 Å². The Balaban J connectivity index is 1.37. The van der Waals surface area contributed by atoms with E-state index in [9.17, 15) is 24.9 Å². The van der Waals surface area contributed by atoms with Gasteiger partial charge in [0.2, 0.25) is 0 Å². The predicted octanol–water partition coefficient (Wildman–Crippen LogP) is 0.744. The second kappa shape index (κ2) is 11.6. The Morgan fingerprint density at radius 1 is 1.30 bits per heavy atom. The van der Waals surface area contributed by atoms with E-state index in [1.807, 2.05) is 44.2 Å². The third-order valence-corrected chi connectivity index (χ3v) is 7.59. The lowest BCUT2D eigenvalue weighted by molar-refractivity contribution is -0.129. The number of rotatable bonds is 9. The third kappa shape index (κ3) is 6.70. The summed E-state index contributed by atoms with van der Waals surface area (Å²) < 4.78 is 10.9. The Bertz CT molecular complexity index is 1040. The van der Waals surface area contributed by atoms with Crippen LogP contribution in [0.2, 0.25) is 0 Å². The molecule has 3 aliphatic rings. The van der Waals surface area contributed by atoms with Crippen LogP contribution in [-0.2, 0) is 20.7 Å². The second-order valence-electron chi connectivity index (χ2n) is 10.6. The molecule has 0 spiro atoms. The zero-order valence-electron chi connectivity index (χ0n) is 21.4.